The van der Waals surface area contributed by atoms with E-state index in [0.717, 1.165) is 40.9 Å². The monoisotopic (exact) mass is 682 g/mol. The number of likely N-dealkylation sites (tertiary alicyclic amines) is 1. The van der Waals surface area contributed by atoms with Gasteiger partial charge in [0.05, 0.1) is 5.49 Å². The van der Waals surface area contributed by atoms with Gasteiger partial charge in [0.1, 0.15) is 18.1 Å². The van der Waals surface area contributed by atoms with Gasteiger partial charge in [-0.05, 0) is 60.4 Å². The molecule has 0 unspecified atom stereocenters. The summed E-state index contributed by atoms with van der Waals surface area (Å²) in [5, 5.41) is 7.54. The van der Waals surface area contributed by atoms with Gasteiger partial charge in [-0.1, -0.05) is 72.8 Å². The molecule has 0 aromatic heterocycles. The van der Waals surface area contributed by atoms with Crippen LogP contribution in [0.5, 0.6) is 0 Å². The summed E-state index contributed by atoms with van der Waals surface area (Å²) < 4.78 is 11.5. The van der Waals surface area contributed by atoms with E-state index in [1.54, 1.807) is 0 Å². The van der Waals surface area contributed by atoms with Crippen molar-refractivity contribution in [3.63, 3.8) is 0 Å². The second kappa shape index (κ2) is 17.5. The molecular weight excluding hydrogens is 639 g/mol. The molecule has 1 fully saturated rings. The zero-order chi connectivity index (χ0) is 33.8. The van der Waals surface area contributed by atoms with Crippen molar-refractivity contribution in [3.8, 4) is 0 Å². The lowest BCUT2D eigenvalue weighted by molar-refractivity contribution is -0.145. The largest absolute Gasteiger partial charge is 0.368 e. The standard InChI is InChI=1S/C34H43N4O7PS/c35-32(40)28(21-25-17-18-26-13-5-6-14-27(26)20-25)37-33(41)30-15-8-9-19-38(30)34(42)29(22-47-23-46(43,44)45)36-31(39)16-7-4-12-24-10-2-1-3-11-24/h1-3,5-6,10-11,13-14,17-18,20,28-30H,4,7-9,12,15-16,19,21-23H2,(H2,35,40)(H,36,39)(H,37,41)(H2,43,44,45)/t28-,29-,30-/m0/s1. The van der Waals surface area contributed by atoms with Gasteiger partial charge in [0.15, 0.2) is 0 Å². The predicted molar refractivity (Wildman–Crippen MR) is 183 cm³/mol. The molecule has 11 nitrogen and oxygen atoms in total. The lowest BCUT2D eigenvalue weighted by Crippen LogP contribution is -2.60. The minimum Gasteiger partial charge on any atom is -0.368 e. The topological polar surface area (TPSA) is 179 Å². The van der Waals surface area contributed by atoms with Crippen LogP contribution in [0.3, 0.4) is 0 Å². The van der Waals surface area contributed by atoms with Crippen LogP contribution in [-0.4, -0.2) is 74.2 Å². The Bertz CT molecular complexity index is 1580. The molecule has 1 heterocycles. The van der Waals surface area contributed by atoms with E-state index in [1.165, 1.54) is 10.5 Å². The molecule has 0 saturated carbocycles. The summed E-state index contributed by atoms with van der Waals surface area (Å²) in [5.41, 5.74) is 7.17. The van der Waals surface area contributed by atoms with Crippen LogP contribution in [0, 0.1) is 0 Å². The van der Waals surface area contributed by atoms with Gasteiger partial charge >= 0.3 is 7.60 Å². The number of unbranched alkanes of at least 4 members (excludes halogenated alkanes) is 1. The number of primary amides is 1. The Morgan fingerprint density at radius 1 is 0.894 bits per heavy atom. The first kappa shape index (κ1) is 36.1. The number of aryl methyl sites for hydroxylation is 1. The molecule has 3 atom stereocenters. The Labute approximate surface area is 279 Å². The zero-order valence-electron chi connectivity index (χ0n) is 26.3. The van der Waals surface area contributed by atoms with Crippen molar-refractivity contribution in [2.45, 2.75) is 69.5 Å². The third-order valence-corrected chi connectivity index (χ3v) is 10.8. The fourth-order valence-electron chi connectivity index (χ4n) is 5.75. The predicted octanol–water partition coefficient (Wildman–Crippen LogP) is 3.50. The van der Waals surface area contributed by atoms with Gasteiger partial charge in [0.2, 0.25) is 23.6 Å². The van der Waals surface area contributed by atoms with Crippen molar-refractivity contribution in [3.05, 3.63) is 83.9 Å². The molecule has 252 valence electrons. The van der Waals surface area contributed by atoms with Crippen LogP contribution in [0.2, 0.25) is 0 Å². The number of nitrogens with zero attached hydrogens (tertiary/aromatic N) is 1. The van der Waals surface area contributed by atoms with Crippen molar-refractivity contribution in [1.29, 1.82) is 0 Å². The number of fused-ring (bicyclic) bond motifs is 1. The number of rotatable bonds is 16. The Kier molecular flexibility index (Phi) is 13.4. The third-order valence-electron chi connectivity index (χ3n) is 8.14. The number of benzene rings is 3. The van der Waals surface area contributed by atoms with Crippen molar-refractivity contribution < 1.29 is 33.5 Å². The number of nitrogens with one attached hydrogen (secondary N) is 2. The van der Waals surface area contributed by atoms with Crippen LogP contribution >= 0.6 is 19.4 Å². The van der Waals surface area contributed by atoms with Crippen molar-refractivity contribution in [2.24, 2.45) is 5.73 Å². The Morgan fingerprint density at radius 2 is 1.62 bits per heavy atom. The summed E-state index contributed by atoms with van der Waals surface area (Å²) in [7, 11) is -4.35. The van der Waals surface area contributed by atoms with Crippen LogP contribution in [0.25, 0.3) is 10.8 Å². The number of carbonyl (C=O) groups is 4. The van der Waals surface area contributed by atoms with Crippen LogP contribution in [0.4, 0.5) is 0 Å². The van der Waals surface area contributed by atoms with Gasteiger partial charge in [-0.3, -0.25) is 23.7 Å². The first-order chi connectivity index (χ1) is 22.5. The maximum Gasteiger partial charge on any atom is 0.335 e. The molecule has 1 saturated heterocycles. The summed E-state index contributed by atoms with van der Waals surface area (Å²) >= 11 is 0.867. The number of amides is 4. The Hall–Kier alpha value is -3.70. The molecule has 0 aliphatic carbocycles. The van der Waals surface area contributed by atoms with E-state index in [0.29, 0.717) is 25.7 Å². The van der Waals surface area contributed by atoms with Crippen molar-refractivity contribution in [2.75, 3.05) is 17.8 Å². The van der Waals surface area contributed by atoms with E-state index in [1.807, 2.05) is 72.8 Å². The minimum atomic E-state index is -4.35. The molecule has 6 N–H and O–H groups in total. The highest BCUT2D eigenvalue weighted by molar-refractivity contribution is 8.04. The Morgan fingerprint density at radius 3 is 2.34 bits per heavy atom. The van der Waals surface area contributed by atoms with Crippen LogP contribution in [0.1, 0.15) is 49.7 Å². The molecule has 0 radical (unpaired) electrons. The number of hydrogen-bond donors (Lipinski definition) is 5. The first-order valence-corrected chi connectivity index (χ1v) is 18.8. The molecule has 13 heteroatoms. The smallest absolute Gasteiger partial charge is 0.335 e. The summed E-state index contributed by atoms with van der Waals surface area (Å²) in [6.45, 7) is 0.259. The fraction of sp³-hybridized carbons (Fsp3) is 0.412. The van der Waals surface area contributed by atoms with Gasteiger partial charge in [0.25, 0.3) is 0 Å². The number of piperidine rings is 1. The summed E-state index contributed by atoms with van der Waals surface area (Å²) in [6.07, 6.45) is 4.21. The van der Waals surface area contributed by atoms with Gasteiger partial charge in [0, 0.05) is 25.1 Å². The van der Waals surface area contributed by atoms with Gasteiger partial charge in [-0.25, -0.2) is 0 Å². The van der Waals surface area contributed by atoms with E-state index < -0.39 is 48.9 Å². The molecular formula is C34H43N4O7PS. The number of carbonyl (C=O) groups excluding carboxylic acids is 4. The normalized spacial score (nSPS) is 16.3. The fourth-order valence-corrected chi connectivity index (χ4v) is 7.58. The average molecular weight is 683 g/mol. The van der Waals surface area contributed by atoms with Gasteiger partial charge in [-0.2, -0.15) is 0 Å². The van der Waals surface area contributed by atoms with Crippen LogP contribution in [0.15, 0.2) is 72.8 Å². The van der Waals surface area contributed by atoms with Crippen LogP contribution in [-0.2, 0) is 36.6 Å². The molecule has 1 aliphatic rings. The second-order valence-corrected chi connectivity index (χ2v) is 15.0. The average Bonchev–Trinajstić information content (AvgIpc) is 3.05. The number of thioether (sulfide) groups is 1. The molecule has 4 rings (SSSR count). The second-order valence-electron chi connectivity index (χ2n) is 11.9. The minimum absolute atomic E-state index is 0.0730. The summed E-state index contributed by atoms with van der Waals surface area (Å²) in [5.74, 6) is -2.15. The number of nitrogens with two attached hydrogens (primary N) is 1. The third kappa shape index (κ3) is 11.5. The summed E-state index contributed by atoms with van der Waals surface area (Å²) in [4.78, 5) is 73.0. The van der Waals surface area contributed by atoms with Gasteiger partial charge in [-0.15, -0.1) is 11.8 Å². The van der Waals surface area contributed by atoms with Crippen LogP contribution < -0.4 is 16.4 Å². The maximum atomic E-state index is 13.9. The molecule has 47 heavy (non-hydrogen) atoms. The van der Waals surface area contributed by atoms with E-state index in [2.05, 4.69) is 10.6 Å². The first-order valence-electron chi connectivity index (χ1n) is 15.8. The quantitative estimate of drug-likeness (QED) is 0.113. The lowest BCUT2D eigenvalue weighted by atomic mass is 9.98. The molecule has 4 amide bonds. The van der Waals surface area contributed by atoms with Crippen molar-refractivity contribution >= 4 is 53.8 Å². The van der Waals surface area contributed by atoms with E-state index in [9.17, 15) is 33.5 Å². The lowest BCUT2D eigenvalue weighted by Gasteiger charge is -2.37. The highest BCUT2D eigenvalue weighted by atomic mass is 32.2. The van der Waals surface area contributed by atoms with E-state index >= 15 is 0 Å². The highest BCUT2D eigenvalue weighted by Gasteiger charge is 2.37. The molecule has 3 aromatic rings. The molecule has 0 bridgehead atoms. The van der Waals surface area contributed by atoms with E-state index in [-0.39, 0.29) is 31.0 Å². The maximum absolute atomic E-state index is 13.9. The van der Waals surface area contributed by atoms with Crippen molar-refractivity contribution in [1.82, 2.24) is 15.5 Å². The molecule has 0 spiro atoms. The zero-order valence-corrected chi connectivity index (χ0v) is 28.0. The molecule has 3 aromatic carbocycles. The highest BCUT2D eigenvalue weighted by Crippen LogP contribution is 2.38. The van der Waals surface area contributed by atoms with E-state index in [4.69, 9.17) is 5.73 Å². The van der Waals surface area contributed by atoms with Gasteiger partial charge < -0.3 is 31.1 Å². The SMILES string of the molecule is NC(=O)[C@H](Cc1ccc2ccccc2c1)NC(=O)[C@@H]1CCCCN1C(=O)[C@H](CSCP(=O)(O)O)NC(=O)CCCCc1ccccc1. The number of hydrogen-bond acceptors (Lipinski definition) is 6. The molecule has 1 aliphatic heterocycles. The Balaban J connectivity index is 1.41. The summed E-state index contributed by atoms with van der Waals surface area (Å²) in [6, 6.07) is 20.5.